The van der Waals surface area contributed by atoms with E-state index in [-0.39, 0.29) is 11.9 Å². The standard InChI is InChI=1S/C18H13F3N4OS/c19-9-5-12-15(22-8-9)25(16(26)18(12,20)21)11-6-10(7-11)23-17-24-13-3-1-2-4-14(13)27-17/h1-5,8,10-11H,6-7H2,(H,23,24). The first-order valence-corrected chi connectivity index (χ1v) is 9.25. The van der Waals surface area contributed by atoms with Crippen molar-refractivity contribution in [1.29, 1.82) is 0 Å². The second kappa shape index (κ2) is 5.66. The Kier molecular flexibility index (Phi) is 3.45. The van der Waals surface area contributed by atoms with E-state index in [2.05, 4.69) is 15.3 Å². The number of hydrogen-bond donors (Lipinski definition) is 1. The van der Waals surface area contributed by atoms with Crippen molar-refractivity contribution in [2.75, 3.05) is 10.2 Å². The van der Waals surface area contributed by atoms with Gasteiger partial charge in [-0.15, -0.1) is 0 Å². The van der Waals surface area contributed by atoms with Gasteiger partial charge in [-0.2, -0.15) is 8.78 Å². The number of nitrogens with zero attached hydrogens (tertiary/aromatic N) is 3. The van der Waals surface area contributed by atoms with Crippen LogP contribution in [0.15, 0.2) is 36.5 Å². The summed E-state index contributed by atoms with van der Waals surface area (Å²) in [5.41, 5.74) is 0.241. The van der Waals surface area contributed by atoms with Crippen LogP contribution in [0.25, 0.3) is 10.2 Å². The molecule has 1 aromatic carbocycles. The van der Waals surface area contributed by atoms with E-state index in [0.717, 1.165) is 26.4 Å². The number of benzene rings is 1. The van der Waals surface area contributed by atoms with Crippen molar-refractivity contribution < 1.29 is 18.0 Å². The zero-order valence-electron chi connectivity index (χ0n) is 13.8. The number of carbonyl (C=O) groups is 1. The Morgan fingerprint density at radius 3 is 2.81 bits per heavy atom. The number of thiazole rings is 1. The van der Waals surface area contributed by atoms with Crippen LogP contribution in [0.4, 0.5) is 24.1 Å². The fourth-order valence-electron chi connectivity index (χ4n) is 3.58. The molecular weight excluding hydrogens is 377 g/mol. The van der Waals surface area contributed by atoms with Crippen molar-refractivity contribution in [3.63, 3.8) is 0 Å². The van der Waals surface area contributed by atoms with E-state index in [4.69, 9.17) is 0 Å². The molecule has 3 heterocycles. The Morgan fingerprint density at radius 2 is 2.04 bits per heavy atom. The van der Waals surface area contributed by atoms with E-state index < -0.39 is 29.3 Å². The molecule has 1 amide bonds. The third-order valence-electron chi connectivity index (χ3n) is 4.99. The molecule has 1 aliphatic carbocycles. The summed E-state index contributed by atoms with van der Waals surface area (Å²) in [7, 11) is 0. The lowest BCUT2D eigenvalue weighted by Crippen LogP contribution is -2.53. The zero-order valence-corrected chi connectivity index (χ0v) is 14.6. The van der Waals surface area contributed by atoms with Gasteiger partial charge in [0.05, 0.1) is 22.0 Å². The van der Waals surface area contributed by atoms with Crippen LogP contribution in [0.1, 0.15) is 18.4 Å². The second-order valence-corrected chi connectivity index (χ2v) is 7.76. The van der Waals surface area contributed by atoms with Crippen molar-refractivity contribution in [2.45, 2.75) is 30.8 Å². The van der Waals surface area contributed by atoms with Crippen molar-refractivity contribution in [3.8, 4) is 0 Å². The number of amides is 1. The maximum atomic E-state index is 14.2. The highest BCUT2D eigenvalue weighted by atomic mass is 32.1. The van der Waals surface area contributed by atoms with E-state index >= 15 is 0 Å². The molecule has 0 bridgehead atoms. The number of fused-ring (bicyclic) bond motifs is 2. The first-order valence-electron chi connectivity index (χ1n) is 8.43. The van der Waals surface area contributed by atoms with E-state index in [9.17, 15) is 18.0 Å². The molecule has 1 saturated carbocycles. The number of rotatable bonds is 3. The SMILES string of the molecule is O=C1N(C2CC(Nc3nc4ccccc4s3)C2)c2ncc(F)cc2C1(F)F. The number of halogens is 3. The summed E-state index contributed by atoms with van der Waals surface area (Å²) >= 11 is 1.52. The molecule has 1 fully saturated rings. The van der Waals surface area contributed by atoms with Gasteiger partial charge in [0.2, 0.25) is 0 Å². The lowest BCUT2D eigenvalue weighted by atomic mass is 9.85. The summed E-state index contributed by atoms with van der Waals surface area (Å²) in [5.74, 6) is -6.10. The lowest BCUT2D eigenvalue weighted by Gasteiger charge is -2.40. The van der Waals surface area contributed by atoms with Gasteiger partial charge in [0.25, 0.3) is 0 Å². The summed E-state index contributed by atoms with van der Waals surface area (Å²) in [4.78, 5) is 21.5. The van der Waals surface area contributed by atoms with Crippen molar-refractivity contribution in [2.24, 2.45) is 0 Å². The molecule has 1 N–H and O–H groups in total. The summed E-state index contributed by atoms with van der Waals surface area (Å²) in [6.07, 6.45) is 1.85. The molecule has 138 valence electrons. The molecule has 1 aliphatic heterocycles. The largest absolute Gasteiger partial charge is 0.359 e. The predicted octanol–water partition coefficient (Wildman–Crippen LogP) is 3.91. The minimum Gasteiger partial charge on any atom is -0.359 e. The van der Waals surface area contributed by atoms with Crippen molar-refractivity contribution in [3.05, 3.63) is 47.9 Å². The van der Waals surface area contributed by atoms with Crippen LogP contribution in [-0.2, 0) is 10.7 Å². The fourth-order valence-corrected chi connectivity index (χ4v) is 4.52. The molecule has 0 unspecified atom stereocenters. The van der Waals surface area contributed by atoms with Gasteiger partial charge in [-0.3, -0.25) is 9.69 Å². The fraction of sp³-hybridized carbons (Fsp3) is 0.278. The zero-order chi connectivity index (χ0) is 18.8. The highest BCUT2D eigenvalue weighted by molar-refractivity contribution is 7.22. The number of hydrogen-bond acceptors (Lipinski definition) is 5. The van der Waals surface area contributed by atoms with Crippen molar-refractivity contribution >= 4 is 38.4 Å². The van der Waals surface area contributed by atoms with E-state index in [1.54, 1.807) is 0 Å². The second-order valence-electron chi connectivity index (χ2n) is 6.73. The Morgan fingerprint density at radius 1 is 1.26 bits per heavy atom. The number of alkyl halides is 2. The average Bonchev–Trinajstić information content (AvgIpc) is 3.09. The summed E-state index contributed by atoms with van der Waals surface area (Å²) in [6, 6.07) is 8.08. The van der Waals surface area contributed by atoms with Gasteiger partial charge in [0.15, 0.2) is 5.13 Å². The highest BCUT2D eigenvalue weighted by Crippen LogP contribution is 2.47. The predicted molar refractivity (Wildman–Crippen MR) is 95.6 cm³/mol. The van der Waals surface area contributed by atoms with Gasteiger partial charge in [0, 0.05) is 12.1 Å². The minimum absolute atomic E-state index is 0.0292. The topological polar surface area (TPSA) is 58.1 Å². The van der Waals surface area contributed by atoms with E-state index in [1.165, 1.54) is 11.3 Å². The van der Waals surface area contributed by atoms with Gasteiger partial charge >= 0.3 is 11.8 Å². The third-order valence-corrected chi connectivity index (χ3v) is 5.95. The molecule has 0 radical (unpaired) electrons. The normalized spacial score (nSPS) is 23.4. The molecule has 5 rings (SSSR count). The molecule has 0 saturated heterocycles. The molecule has 0 spiro atoms. The first kappa shape index (κ1) is 16.5. The number of para-hydroxylation sites is 1. The number of nitrogens with one attached hydrogen (secondary N) is 1. The Bertz CT molecular complexity index is 1030. The number of carbonyl (C=O) groups excluding carboxylic acids is 1. The van der Waals surface area contributed by atoms with Crippen LogP contribution >= 0.6 is 11.3 Å². The quantitative estimate of drug-likeness (QED) is 0.737. The molecule has 9 heteroatoms. The van der Waals surface area contributed by atoms with Crippen LogP contribution < -0.4 is 10.2 Å². The summed E-state index contributed by atoms with van der Waals surface area (Å²) in [6.45, 7) is 0. The Hall–Kier alpha value is -2.68. The lowest BCUT2D eigenvalue weighted by molar-refractivity contribution is -0.142. The molecule has 27 heavy (non-hydrogen) atoms. The van der Waals surface area contributed by atoms with Crippen molar-refractivity contribution in [1.82, 2.24) is 9.97 Å². The van der Waals surface area contributed by atoms with Crippen LogP contribution in [0.2, 0.25) is 0 Å². The summed E-state index contributed by atoms with van der Waals surface area (Å²) in [5, 5.41) is 4.05. The van der Waals surface area contributed by atoms with Crippen LogP contribution in [0.5, 0.6) is 0 Å². The Balaban J connectivity index is 1.33. The minimum atomic E-state index is -3.74. The van der Waals surface area contributed by atoms with E-state index in [1.807, 2.05) is 24.3 Å². The van der Waals surface area contributed by atoms with Crippen LogP contribution in [0.3, 0.4) is 0 Å². The van der Waals surface area contributed by atoms with E-state index in [0.29, 0.717) is 18.9 Å². The number of anilines is 2. The molecule has 2 aromatic heterocycles. The first-order chi connectivity index (χ1) is 12.9. The molecule has 3 aromatic rings. The smallest absolute Gasteiger partial charge is 0.354 e. The number of pyridine rings is 1. The van der Waals surface area contributed by atoms with Gasteiger partial charge in [-0.25, -0.2) is 14.4 Å². The Labute approximate surface area is 155 Å². The molecule has 5 nitrogen and oxygen atoms in total. The molecule has 2 aliphatic rings. The van der Waals surface area contributed by atoms with Gasteiger partial charge in [-0.1, -0.05) is 23.5 Å². The maximum Gasteiger partial charge on any atom is 0.354 e. The van der Waals surface area contributed by atoms with Gasteiger partial charge < -0.3 is 5.32 Å². The molecular formula is C18H13F3N4OS. The monoisotopic (exact) mass is 390 g/mol. The third kappa shape index (κ3) is 2.48. The maximum absolute atomic E-state index is 14.2. The van der Waals surface area contributed by atoms with Crippen LogP contribution in [-0.4, -0.2) is 28.0 Å². The molecule has 0 atom stereocenters. The van der Waals surface area contributed by atoms with Gasteiger partial charge in [-0.05, 0) is 31.0 Å². The number of aromatic nitrogens is 2. The van der Waals surface area contributed by atoms with Crippen LogP contribution in [0, 0.1) is 5.82 Å². The van der Waals surface area contributed by atoms with Gasteiger partial charge in [0.1, 0.15) is 11.6 Å². The summed E-state index contributed by atoms with van der Waals surface area (Å²) < 4.78 is 42.8. The highest BCUT2D eigenvalue weighted by Gasteiger charge is 2.57. The average molecular weight is 390 g/mol.